The van der Waals surface area contributed by atoms with Crippen molar-refractivity contribution in [2.24, 2.45) is 7.05 Å². The highest BCUT2D eigenvalue weighted by Crippen LogP contribution is 2.47. The van der Waals surface area contributed by atoms with Gasteiger partial charge in [0.15, 0.2) is 0 Å². The van der Waals surface area contributed by atoms with E-state index < -0.39 is 17.9 Å². The van der Waals surface area contributed by atoms with Gasteiger partial charge in [-0.2, -0.15) is 13.2 Å². The number of nitrogens with one attached hydrogen (secondary N) is 2. The topological polar surface area (TPSA) is 61.1 Å². The molecule has 1 aromatic heterocycles. The lowest BCUT2D eigenvalue weighted by atomic mass is 9.94. The Kier molecular flexibility index (Phi) is 5.45. The van der Waals surface area contributed by atoms with Crippen LogP contribution in [0.5, 0.6) is 0 Å². The Bertz CT molecular complexity index is 1170. The van der Waals surface area contributed by atoms with E-state index in [0.29, 0.717) is 27.5 Å². The zero-order valence-corrected chi connectivity index (χ0v) is 18.3. The highest BCUT2D eigenvalue weighted by molar-refractivity contribution is 6.30. The van der Waals surface area contributed by atoms with Crippen LogP contribution in [-0.4, -0.2) is 22.5 Å². The minimum atomic E-state index is -4.84. The van der Waals surface area contributed by atoms with Crippen molar-refractivity contribution in [1.29, 1.82) is 5.41 Å². The lowest BCUT2D eigenvalue weighted by Gasteiger charge is -2.31. The van der Waals surface area contributed by atoms with Crippen molar-refractivity contribution in [2.45, 2.75) is 38.0 Å². The third kappa shape index (κ3) is 3.95. The van der Waals surface area contributed by atoms with Gasteiger partial charge in [-0.05, 0) is 43.5 Å². The molecule has 0 bridgehead atoms. The highest BCUT2D eigenvalue weighted by Gasteiger charge is 2.48. The molecule has 1 aliphatic heterocycles. The molecule has 1 atom stereocenters. The van der Waals surface area contributed by atoms with E-state index in [2.05, 4.69) is 11.9 Å². The van der Waals surface area contributed by atoms with Crippen molar-refractivity contribution in [1.82, 2.24) is 9.88 Å². The van der Waals surface area contributed by atoms with Crippen LogP contribution in [0.3, 0.4) is 0 Å². The molecule has 1 unspecified atom stereocenters. The fourth-order valence-electron chi connectivity index (χ4n) is 3.96. The van der Waals surface area contributed by atoms with Gasteiger partial charge in [-0.15, -0.1) is 0 Å². The number of anilines is 1. The summed E-state index contributed by atoms with van der Waals surface area (Å²) in [5.41, 5.74) is 0.195. The second-order valence-electron chi connectivity index (χ2n) is 8.15. The van der Waals surface area contributed by atoms with Gasteiger partial charge in [-0.3, -0.25) is 10.2 Å². The molecule has 2 aliphatic rings. The summed E-state index contributed by atoms with van der Waals surface area (Å²) in [6, 6.07) is 7.20. The van der Waals surface area contributed by atoms with E-state index in [1.54, 1.807) is 55.4 Å². The van der Waals surface area contributed by atoms with Crippen LogP contribution in [0.15, 0.2) is 64.9 Å². The average Bonchev–Trinajstić information content (AvgIpc) is 3.49. The van der Waals surface area contributed by atoms with Gasteiger partial charge < -0.3 is 14.8 Å². The zero-order valence-electron chi connectivity index (χ0n) is 17.6. The molecule has 1 aromatic carbocycles. The fraction of sp³-hybridized carbons (Fsp3) is 0.304. The first-order valence-electron chi connectivity index (χ1n) is 10.1. The summed E-state index contributed by atoms with van der Waals surface area (Å²) >= 11 is 6.02. The quantitative estimate of drug-likeness (QED) is 0.614. The summed E-state index contributed by atoms with van der Waals surface area (Å²) in [6.07, 6.45) is -1.59. The normalized spacial score (nSPS) is 19.0. The van der Waals surface area contributed by atoms with Gasteiger partial charge in [0.25, 0.3) is 5.56 Å². The summed E-state index contributed by atoms with van der Waals surface area (Å²) in [4.78, 5) is 13.9. The van der Waals surface area contributed by atoms with Gasteiger partial charge in [-0.1, -0.05) is 30.3 Å². The van der Waals surface area contributed by atoms with Crippen molar-refractivity contribution in [3.8, 4) is 0 Å². The first-order chi connectivity index (χ1) is 15.0. The maximum Gasteiger partial charge on any atom is 0.433 e. The van der Waals surface area contributed by atoms with Crippen LogP contribution in [-0.2, 0) is 7.05 Å². The van der Waals surface area contributed by atoms with E-state index in [1.165, 1.54) is 4.57 Å². The number of hydrogen-bond donors (Lipinski definition) is 2. The first-order valence-corrected chi connectivity index (χ1v) is 10.4. The molecule has 0 saturated heterocycles. The summed E-state index contributed by atoms with van der Waals surface area (Å²) in [5.74, 6) is 0. The second-order valence-corrected chi connectivity index (χ2v) is 8.58. The molecular weight excluding hydrogens is 441 g/mol. The number of rotatable bonds is 5. The van der Waals surface area contributed by atoms with E-state index in [1.807, 2.05) is 0 Å². The van der Waals surface area contributed by atoms with E-state index in [0.717, 1.165) is 12.8 Å². The standard InChI is InChI=1S/C23H22ClF3N4O/c1-12-10-17(11-30(3)22(12)32)31-13(2)19(29-16-8-9-16)18(21(28)23(25,26)27)20(31)14-4-6-15(24)7-5-14/h4-7,10-11,16,20,28-29H,2,8-9H2,1,3H3. The number of aryl methyl sites for hydroxylation is 2. The van der Waals surface area contributed by atoms with E-state index in [9.17, 15) is 18.0 Å². The molecule has 4 rings (SSSR count). The maximum absolute atomic E-state index is 13.8. The molecule has 9 heteroatoms. The molecule has 0 radical (unpaired) electrons. The van der Waals surface area contributed by atoms with E-state index >= 15 is 0 Å². The van der Waals surface area contributed by atoms with Gasteiger partial charge in [-0.25, -0.2) is 0 Å². The summed E-state index contributed by atoms with van der Waals surface area (Å²) < 4.78 is 42.8. The Labute approximate surface area is 188 Å². The molecule has 32 heavy (non-hydrogen) atoms. The first kappa shape index (κ1) is 22.2. The van der Waals surface area contributed by atoms with Gasteiger partial charge >= 0.3 is 6.18 Å². The largest absolute Gasteiger partial charge is 0.433 e. The Morgan fingerprint density at radius 2 is 1.88 bits per heavy atom. The van der Waals surface area contributed by atoms with Crippen LogP contribution >= 0.6 is 11.6 Å². The van der Waals surface area contributed by atoms with Gasteiger partial charge in [0.1, 0.15) is 5.71 Å². The fourth-order valence-corrected chi connectivity index (χ4v) is 4.08. The third-order valence-corrected chi connectivity index (χ3v) is 5.92. The van der Waals surface area contributed by atoms with Gasteiger partial charge in [0, 0.05) is 35.4 Å². The smallest absolute Gasteiger partial charge is 0.380 e. The number of alkyl halides is 3. The Morgan fingerprint density at radius 3 is 2.41 bits per heavy atom. The molecule has 2 aromatic rings. The van der Waals surface area contributed by atoms with Crippen LogP contribution in [0, 0.1) is 12.3 Å². The summed E-state index contributed by atoms with van der Waals surface area (Å²) in [5, 5.41) is 11.7. The molecule has 0 amide bonds. The number of halogens is 4. The van der Waals surface area contributed by atoms with Crippen LogP contribution in [0.1, 0.15) is 30.0 Å². The highest BCUT2D eigenvalue weighted by atomic mass is 35.5. The van der Waals surface area contributed by atoms with Crippen LogP contribution in [0.25, 0.3) is 0 Å². The van der Waals surface area contributed by atoms with Crippen molar-refractivity contribution in [2.75, 3.05) is 4.90 Å². The molecule has 2 heterocycles. The van der Waals surface area contributed by atoms with Crippen LogP contribution in [0.2, 0.25) is 5.02 Å². The molecular formula is C23H22ClF3N4O. The minimum absolute atomic E-state index is 0.0467. The average molecular weight is 463 g/mol. The molecule has 2 N–H and O–H groups in total. The number of nitrogens with zero attached hydrogens (tertiary/aromatic N) is 2. The monoisotopic (exact) mass is 462 g/mol. The molecule has 5 nitrogen and oxygen atoms in total. The van der Waals surface area contributed by atoms with Crippen LogP contribution < -0.4 is 15.8 Å². The number of hydrogen-bond acceptors (Lipinski definition) is 4. The number of aromatic nitrogens is 1. The number of benzene rings is 1. The Morgan fingerprint density at radius 1 is 1.25 bits per heavy atom. The summed E-state index contributed by atoms with van der Waals surface area (Å²) in [7, 11) is 1.59. The summed E-state index contributed by atoms with van der Waals surface area (Å²) in [6.45, 7) is 5.74. The SMILES string of the molecule is C=C1C(NC2CC2)=C(C(=N)C(F)(F)F)C(c2ccc(Cl)cc2)N1c1cc(C)c(=O)n(C)c1. The Balaban J connectivity index is 1.95. The zero-order chi connectivity index (χ0) is 23.4. The lowest BCUT2D eigenvalue weighted by molar-refractivity contribution is -0.0592. The molecule has 1 aliphatic carbocycles. The van der Waals surface area contributed by atoms with E-state index in [4.69, 9.17) is 17.0 Å². The molecule has 1 fully saturated rings. The van der Waals surface area contributed by atoms with Crippen molar-refractivity contribution in [3.05, 3.63) is 86.6 Å². The van der Waals surface area contributed by atoms with Crippen molar-refractivity contribution in [3.63, 3.8) is 0 Å². The second kappa shape index (κ2) is 7.85. The molecule has 0 spiro atoms. The molecule has 168 valence electrons. The van der Waals surface area contributed by atoms with E-state index in [-0.39, 0.29) is 22.9 Å². The predicted octanol–water partition coefficient (Wildman–Crippen LogP) is 5.01. The van der Waals surface area contributed by atoms with Crippen molar-refractivity contribution < 1.29 is 13.2 Å². The van der Waals surface area contributed by atoms with Gasteiger partial charge in [0.2, 0.25) is 0 Å². The van der Waals surface area contributed by atoms with Gasteiger partial charge in [0.05, 0.1) is 23.1 Å². The Hall–Kier alpha value is -3.00. The maximum atomic E-state index is 13.8. The molecule has 1 saturated carbocycles. The third-order valence-electron chi connectivity index (χ3n) is 5.67. The lowest BCUT2D eigenvalue weighted by Crippen LogP contribution is -2.32. The minimum Gasteiger partial charge on any atom is -0.380 e. The predicted molar refractivity (Wildman–Crippen MR) is 119 cm³/mol. The number of pyridine rings is 1. The van der Waals surface area contributed by atoms with Crippen molar-refractivity contribution >= 4 is 23.0 Å². The van der Waals surface area contributed by atoms with Crippen LogP contribution in [0.4, 0.5) is 18.9 Å².